The van der Waals surface area contributed by atoms with Crippen molar-refractivity contribution in [1.29, 1.82) is 0 Å². The first kappa shape index (κ1) is 23.9. The van der Waals surface area contributed by atoms with Crippen molar-refractivity contribution in [3.63, 3.8) is 0 Å². The molecular formula is C27H39NO6. The predicted molar refractivity (Wildman–Crippen MR) is 126 cm³/mol. The molecule has 4 aliphatic carbocycles. The molecule has 1 amide bonds. The summed E-state index contributed by atoms with van der Waals surface area (Å²) in [6.07, 6.45) is 10.4. The number of ether oxygens (including phenoxy) is 2. The molecule has 188 valence electrons. The SMILES string of the molecule is CCOC(N)=O.C[C@]12CC[C@H](O)C[C@H]1CC[C@@H]1[C@@H]2CC[C@]2(C)[C@@H](c3ccc(=O)oc3)C[C@H]3O[C@]132. The van der Waals surface area contributed by atoms with E-state index in [-0.39, 0.29) is 22.7 Å². The third kappa shape index (κ3) is 3.45. The lowest BCUT2D eigenvalue weighted by molar-refractivity contribution is -0.139. The zero-order chi connectivity index (χ0) is 24.3. The van der Waals surface area contributed by atoms with Gasteiger partial charge in [-0.25, -0.2) is 9.59 Å². The topological polar surface area (TPSA) is 115 Å². The highest BCUT2D eigenvalue weighted by Gasteiger charge is 2.80. The Labute approximate surface area is 201 Å². The predicted octanol–water partition coefficient (Wildman–Crippen LogP) is 4.36. The van der Waals surface area contributed by atoms with E-state index in [1.54, 1.807) is 19.3 Å². The van der Waals surface area contributed by atoms with Crippen LogP contribution in [0.15, 0.2) is 27.6 Å². The van der Waals surface area contributed by atoms with Crippen LogP contribution in [0.5, 0.6) is 0 Å². The van der Waals surface area contributed by atoms with Crippen molar-refractivity contribution in [2.75, 3.05) is 6.61 Å². The molecule has 5 fully saturated rings. The van der Waals surface area contributed by atoms with Crippen LogP contribution in [0.25, 0.3) is 0 Å². The first-order valence-corrected chi connectivity index (χ1v) is 13.0. The molecule has 7 nitrogen and oxygen atoms in total. The lowest BCUT2D eigenvalue weighted by Crippen LogP contribution is -2.58. The van der Waals surface area contributed by atoms with Crippen molar-refractivity contribution in [2.45, 2.75) is 95.9 Å². The van der Waals surface area contributed by atoms with Gasteiger partial charge < -0.3 is 24.7 Å². The standard InChI is InChI=1S/C24H32O4.C3H7NO2/c1-22-9-7-16(25)11-15(22)4-5-18-17(22)8-10-23(2)19(12-20-24(18,23)28-20)14-3-6-21(26)27-13-14;1-2-6-3(4)5/h3,6,13,15-20,25H,4-5,7-12H2,1-2H3;2H2,1H3,(H2,4,5)/t15-,16+,17+,18-,19-,20-,22+,23-,24-;/m1./s1. The van der Waals surface area contributed by atoms with Gasteiger partial charge >= 0.3 is 11.7 Å². The summed E-state index contributed by atoms with van der Waals surface area (Å²) in [5, 5.41) is 10.2. The molecule has 0 radical (unpaired) electrons. The molecule has 1 spiro atoms. The normalized spacial score (nSPS) is 46.0. The Hall–Kier alpha value is -1.86. The summed E-state index contributed by atoms with van der Waals surface area (Å²) in [4.78, 5) is 21.0. The van der Waals surface area contributed by atoms with Gasteiger partial charge in [0.1, 0.15) is 5.60 Å². The third-order valence-corrected chi connectivity index (χ3v) is 10.5. The zero-order valence-electron chi connectivity index (χ0n) is 20.6. The van der Waals surface area contributed by atoms with Crippen molar-refractivity contribution in [1.82, 2.24) is 0 Å². The van der Waals surface area contributed by atoms with Gasteiger partial charge in [0.15, 0.2) is 0 Å². The molecule has 0 aromatic carbocycles. The van der Waals surface area contributed by atoms with E-state index in [1.165, 1.54) is 37.7 Å². The Morgan fingerprint density at radius 2 is 1.94 bits per heavy atom. The number of aliphatic hydroxyl groups is 1. The minimum Gasteiger partial charge on any atom is -0.450 e. The van der Waals surface area contributed by atoms with Crippen molar-refractivity contribution >= 4 is 6.09 Å². The highest BCUT2D eigenvalue weighted by molar-refractivity contribution is 5.64. The summed E-state index contributed by atoms with van der Waals surface area (Å²) in [6, 6.07) is 3.55. The summed E-state index contributed by atoms with van der Waals surface area (Å²) in [6.45, 7) is 7.03. The lowest BCUT2D eigenvalue weighted by atomic mass is 9.44. The van der Waals surface area contributed by atoms with Crippen LogP contribution >= 0.6 is 0 Å². The Balaban J connectivity index is 0.000000360. The van der Waals surface area contributed by atoms with Crippen molar-refractivity contribution in [3.05, 3.63) is 34.4 Å². The Morgan fingerprint density at radius 3 is 2.59 bits per heavy atom. The molecule has 1 aromatic heterocycles. The van der Waals surface area contributed by atoms with Crippen LogP contribution in [0.1, 0.15) is 83.6 Å². The molecule has 7 heteroatoms. The number of hydrogen-bond acceptors (Lipinski definition) is 6. The number of carbonyl (C=O) groups excluding carboxylic acids is 1. The molecule has 6 rings (SSSR count). The average Bonchev–Trinajstić information content (AvgIpc) is 3.45. The molecule has 5 aliphatic rings. The van der Waals surface area contributed by atoms with Crippen LogP contribution in [-0.4, -0.2) is 35.6 Å². The summed E-state index contributed by atoms with van der Waals surface area (Å²) in [5.74, 6) is 2.48. The van der Waals surface area contributed by atoms with E-state index in [1.807, 2.05) is 6.07 Å². The Bertz CT molecular complexity index is 973. The van der Waals surface area contributed by atoms with Crippen molar-refractivity contribution in [3.8, 4) is 0 Å². The van der Waals surface area contributed by atoms with E-state index in [2.05, 4.69) is 24.3 Å². The van der Waals surface area contributed by atoms with Crippen molar-refractivity contribution in [2.24, 2.45) is 34.3 Å². The molecule has 34 heavy (non-hydrogen) atoms. The first-order chi connectivity index (χ1) is 16.2. The van der Waals surface area contributed by atoms with E-state index < -0.39 is 6.09 Å². The fourth-order valence-corrected chi connectivity index (χ4v) is 8.88. The second-order valence-corrected chi connectivity index (χ2v) is 11.7. The van der Waals surface area contributed by atoms with Crippen LogP contribution in [0.2, 0.25) is 0 Å². The maximum Gasteiger partial charge on any atom is 0.404 e. The smallest absolute Gasteiger partial charge is 0.404 e. The van der Waals surface area contributed by atoms with Crippen LogP contribution < -0.4 is 11.4 Å². The summed E-state index contributed by atoms with van der Waals surface area (Å²) in [7, 11) is 0. The number of fused-ring (bicyclic) bond motifs is 3. The number of rotatable bonds is 2. The largest absolute Gasteiger partial charge is 0.450 e. The molecule has 9 atom stereocenters. The second-order valence-electron chi connectivity index (χ2n) is 11.7. The van der Waals surface area contributed by atoms with E-state index >= 15 is 0 Å². The third-order valence-electron chi connectivity index (χ3n) is 10.5. The van der Waals surface area contributed by atoms with Crippen LogP contribution in [0.3, 0.4) is 0 Å². The quantitative estimate of drug-likeness (QED) is 0.617. The summed E-state index contributed by atoms with van der Waals surface area (Å²) in [5.41, 5.74) is 5.98. The van der Waals surface area contributed by atoms with Gasteiger partial charge in [-0.2, -0.15) is 0 Å². The fraction of sp³-hybridized carbons (Fsp3) is 0.778. The number of aliphatic hydroxyl groups excluding tert-OH is 1. The van der Waals surface area contributed by atoms with Gasteiger partial charge in [-0.3, -0.25) is 0 Å². The number of amides is 1. The van der Waals surface area contributed by atoms with Gasteiger partial charge in [0, 0.05) is 11.5 Å². The monoisotopic (exact) mass is 473 g/mol. The average molecular weight is 474 g/mol. The lowest BCUT2D eigenvalue weighted by Gasteiger charge is -2.61. The molecule has 0 unspecified atom stereocenters. The minimum absolute atomic E-state index is 0.0285. The molecule has 1 saturated heterocycles. The number of carbonyl (C=O) groups is 1. The molecule has 2 heterocycles. The molecule has 4 saturated carbocycles. The van der Waals surface area contributed by atoms with Crippen LogP contribution in [-0.2, 0) is 9.47 Å². The maximum absolute atomic E-state index is 11.4. The highest BCUT2D eigenvalue weighted by atomic mass is 16.6. The van der Waals surface area contributed by atoms with E-state index in [0.717, 1.165) is 25.2 Å². The van der Waals surface area contributed by atoms with Gasteiger partial charge in [-0.05, 0) is 99.0 Å². The van der Waals surface area contributed by atoms with Crippen LogP contribution in [0.4, 0.5) is 4.79 Å². The number of nitrogens with two attached hydrogens (primary N) is 1. The minimum atomic E-state index is -0.711. The van der Waals surface area contributed by atoms with Crippen LogP contribution in [0, 0.1) is 28.6 Å². The maximum atomic E-state index is 11.4. The number of epoxide rings is 1. The van der Waals surface area contributed by atoms with Crippen molar-refractivity contribution < 1.29 is 23.8 Å². The molecule has 1 aliphatic heterocycles. The second kappa shape index (κ2) is 8.37. The molecular weight excluding hydrogens is 434 g/mol. The number of hydrogen-bond donors (Lipinski definition) is 2. The first-order valence-electron chi connectivity index (χ1n) is 13.0. The summed E-state index contributed by atoms with van der Waals surface area (Å²) >= 11 is 0. The zero-order valence-corrected chi connectivity index (χ0v) is 20.6. The number of primary amides is 1. The Kier molecular flexibility index (Phi) is 5.87. The van der Waals surface area contributed by atoms with E-state index in [4.69, 9.17) is 9.15 Å². The molecule has 3 N–H and O–H groups in total. The van der Waals surface area contributed by atoms with Gasteiger partial charge in [0.2, 0.25) is 0 Å². The van der Waals surface area contributed by atoms with Gasteiger partial charge in [0.25, 0.3) is 0 Å². The molecule has 1 aromatic rings. The Morgan fingerprint density at radius 1 is 1.15 bits per heavy atom. The van der Waals surface area contributed by atoms with Gasteiger partial charge in [0.05, 0.1) is 25.1 Å². The van der Waals surface area contributed by atoms with E-state index in [9.17, 15) is 14.7 Å². The summed E-state index contributed by atoms with van der Waals surface area (Å²) < 4.78 is 16.0. The van der Waals surface area contributed by atoms with Gasteiger partial charge in [-0.15, -0.1) is 0 Å². The van der Waals surface area contributed by atoms with E-state index in [0.29, 0.717) is 35.9 Å². The molecule has 0 bridgehead atoms. The highest BCUT2D eigenvalue weighted by Crippen LogP contribution is 2.77. The van der Waals surface area contributed by atoms with Gasteiger partial charge in [-0.1, -0.05) is 13.8 Å². The fourth-order valence-electron chi connectivity index (χ4n) is 8.88.